The fraction of sp³-hybridized carbons (Fsp3) is 0.353. The van der Waals surface area contributed by atoms with Gasteiger partial charge < -0.3 is 34.1 Å². The number of ether oxygens (including phenoxy) is 2. The second-order valence-electron chi connectivity index (χ2n) is 11.6. The van der Waals surface area contributed by atoms with Crippen LogP contribution in [0.25, 0.3) is 11.1 Å². The number of aromatic nitrogens is 1. The highest BCUT2D eigenvalue weighted by Gasteiger charge is 2.40. The van der Waals surface area contributed by atoms with Gasteiger partial charge in [0.15, 0.2) is 5.58 Å². The third kappa shape index (κ3) is 6.98. The van der Waals surface area contributed by atoms with Gasteiger partial charge in [0.2, 0.25) is 11.8 Å². The third-order valence-corrected chi connectivity index (χ3v) is 8.66. The van der Waals surface area contributed by atoms with E-state index in [1.165, 1.54) is 0 Å². The maximum Gasteiger partial charge on any atom is 0.308 e. The van der Waals surface area contributed by atoms with Gasteiger partial charge in [0.25, 0.3) is 6.01 Å². The topological polar surface area (TPSA) is 138 Å². The molecule has 0 spiro atoms. The van der Waals surface area contributed by atoms with E-state index in [2.05, 4.69) is 10.3 Å². The van der Waals surface area contributed by atoms with Crippen LogP contribution in [0.5, 0.6) is 5.75 Å². The van der Waals surface area contributed by atoms with E-state index < -0.39 is 11.9 Å². The molecule has 0 radical (unpaired) electrons. The zero-order chi connectivity index (χ0) is 32.2. The average Bonchev–Trinajstić information content (AvgIpc) is 3.69. The second kappa shape index (κ2) is 13.6. The number of anilines is 3. The van der Waals surface area contributed by atoms with E-state index in [0.717, 1.165) is 16.8 Å². The minimum Gasteiger partial charge on any atom is -0.497 e. The molecule has 12 nitrogen and oxygen atoms in total. The van der Waals surface area contributed by atoms with Crippen molar-refractivity contribution in [2.75, 3.05) is 70.3 Å². The Balaban J connectivity index is 1.08. The fourth-order valence-electron chi connectivity index (χ4n) is 5.99. The second-order valence-corrected chi connectivity index (χ2v) is 11.6. The molecule has 2 fully saturated rings. The smallest absolute Gasteiger partial charge is 0.308 e. The minimum atomic E-state index is -0.921. The number of fused-ring (bicyclic) bond motifs is 1. The molecule has 2 amide bonds. The molecule has 1 aromatic heterocycles. The number of hydrogen-bond donors (Lipinski definition) is 2. The quantitative estimate of drug-likeness (QED) is 0.268. The van der Waals surface area contributed by atoms with Crippen LogP contribution < -0.4 is 15.0 Å². The summed E-state index contributed by atoms with van der Waals surface area (Å²) in [4.78, 5) is 48.1. The third-order valence-electron chi connectivity index (χ3n) is 8.66. The number of rotatable bonds is 10. The lowest BCUT2D eigenvalue weighted by molar-refractivity contribution is -0.142. The van der Waals surface area contributed by atoms with Gasteiger partial charge in [-0.15, -0.1) is 0 Å². The number of carbonyl (C=O) groups excluding carboxylic acids is 2. The van der Waals surface area contributed by atoms with Crippen molar-refractivity contribution in [3.05, 3.63) is 77.9 Å². The molecule has 2 unspecified atom stereocenters. The molecule has 2 atom stereocenters. The number of likely N-dealkylation sites (tertiary alicyclic amines) is 1. The first-order valence-corrected chi connectivity index (χ1v) is 15.2. The molecule has 46 heavy (non-hydrogen) atoms. The SMILES string of the molecule is COc1cccc(Nc2nc3ccc(CC(=O)N(C)c4ccc(C5CN(C(=O)CN6CCOCC6)CC5C(=O)O)cc4)cc3o2)c1. The van der Waals surface area contributed by atoms with Crippen molar-refractivity contribution in [1.29, 1.82) is 0 Å². The monoisotopic (exact) mass is 627 g/mol. The van der Waals surface area contributed by atoms with Gasteiger partial charge >= 0.3 is 5.97 Å². The Kier molecular flexibility index (Phi) is 9.18. The molecule has 2 aliphatic heterocycles. The van der Waals surface area contributed by atoms with Crippen molar-refractivity contribution < 1.29 is 33.4 Å². The summed E-state index contributed by atoms with van der Waals surface area (Å²) < 4.78 is 16.5. The highest BCUT2D eigenvalue weighted by molar-refractivity contribution is 5.94. The van der Waals surface area contributed by atoms with E-state index in [4.69, 9.17) is 13.9 Å². The molecule has 2 aliphatic rings. The van der Waals surface area contributed by atoms with E-state index in [1.54, 1.807) is 24.0 Å². The number of morpholine rings is 1. The predicted molar refractivity (Wildman–Crippen MR) is 172 cm³/mol. The highest BCUT2D eigenvalue weighted by atomic mass is 16.5. The first kappa shape index (κ1) is 31.1. The van der Waals surface area contributed by atoms with Crippen LogP contribution >= 0.6 is 0 Å². The van der Waals surface area contributed by atoms with Crippen LogP contribution in [0.15, 0.2) is 71.1 Å². The molecular weight excluding hydrogens is 590 g/mol. The summed E-state index contributed by atoms with van der Waals surface area (Å²) in [5, 5.41) is 13.1. The van der Waals surface area contributed by atoms with Crippen molar-refractivity contribution in [3.63, 3.8) is 0 Å². The Morgan fingerprint density at radius 1 is 1.04 bits per heavy atom. The molecule has 0 aliphatic carbocycles. The van der Waals surface area contributed by atoms with Gasteiger partial charge in [0, 0.05) is 56.6 Å². The zero-order valence-corrected chi connectivity index (χ0v) is 25.8. The molecule has 2 N–H and O–H groups in total. The Bertz CT molecular complexity index is 1720. The number of benzene rings is 3. The van der Waals surface area contributed by atoms with Gasteiger partial charge in [-0.1, -0.05) is 24.3 Å². The average molecular weight is 628 g/mol. The van der Waals surface area contributed by atoms with Crippen molar-refractivity contribution >= 4 is 46.3 Å². The number of hydrogen-bond acceptors (Lipinski definition) is 9. The van der Waals surface area contributed by atoms with Gasteiger partial charge in [-0.3, -0.25) is 19.3 Å². The Labute approximate surface area is 266 Å². The number of carboxylic acids is 1. The number of nitrogens with one attached hydrogen (secondary N) is 1. The molecule has 3 heterocycles. The number of carbonyl (C=O) groups is 3. The molecule has 3 aromatic carbocycles. The summed E-state index contributed by atoms with van der Waals surface area (Å²) in [5.41, 5.74) is 4.29. The van der Waals surface area contributed by atoms with Crippen LogP contribution in [0.3, 0.4) is 0 Å². The number of aliphatic carboxylic acids is 1. The van der Waals surface area contributed by atoms with Crippen LogP contribution in [0.1, 0.15) is 17.0 Å². The van der Waals surface area contributed by atoms with Crippen molar-refractivity contribution in [1.82, 2.24) is 14.8 Å². The maximum atomic E-state index is 13.2. The van der Waals surface area contributed by atoms with Crippen LogP contribution in [0.4, 0.5) is 17.4 Å². The van der Waals surface area contributed by atoms with Crippen LogP contribution in [0, 0.1) is 5.92 Å². The Hall–Kier alpha value is -4.94. The van der Waals surface area contributed by atoms with Gasteiger partial charge in [-0.25, -0.2) is 0 Å². The van der Waals surface area contributed by atoms with Gasteiger partial charge in [-0.05, 0) is 47.5 Å². The summed E-state index contributed by atoms with van der Waals surface area (Å²) in [6.45, 7) is 3.36. The number of likely N-dealkylation sites (N-methyl/N-ethyl adjacent to an activating group) is 1. The number of oxazole rings is 1. The first-order chi connectivity index (χ1) is 22.3. The van der Waals surface area contributed by atoms with E-state index in [1.807, 2.05) is 71.6 Å². The number of carboxylic acid groups (broad SMARTS) is 1. The highest BCUT2D eigenvalue weighted by Crippen LogP contribution is 2.34. The summed E-state index contributed by atoms with van der Waals surface area (Å²) in [7, 11) is 3.31. The molecule has 0 saturated carbocycles. The summed E-state index contributed by atoms with van der Waals surface area (Å²) in [5.74, 6) is -1.43. The fourth-order valence-corrected chi connectivity index (χ4v) is 5.99. The number of nitrogens with zero attached hydrogens (tertiary/aromatic N) is 4. The molecule has 6 rings (SSSR count). The summed E-state index contributed by atoms with van der Waals surface area (Å²) in [6.07, 6.45) is 0.150. The van der Waals surface area contributed by atoms with Gasteiger partial charge in [0.05, 0.1) is 39.2 Å². The molecule has 12 heteroatoms. The van der Waals surface area contributed by atoms with Crippen LogP contribution in [-0.2, 0) is 25.5 Å². The van der Waals surface area contributed by atoms with E-state index in [-0.39, 0.29) is 37.2 Å². The lowest BCUT2D eigenvalue weighted by Crippen LogP contribution is -2.44. The van der Waals surface area contributed by atoms with E-state index in [0.29, 0.717) is 61.4 Å². The van der Waals surface area contributed by atoms with Crippen molar-refractivity contribution in [3.8, 4) is 5.75 Å². The largest absolute Gasteiger partial charge is 0.497 e. The Morgan fingerprint density at radius 2 is 1.83 bits per heavy atom. The van der Waals surface area contributed by atoms with Crippen LogP contribution in [-0.4, -0.2) is 97.8 Å². The lowest BCUT2D eigenvalue weighted by Gasteiger charge is -2.28. The van der Waals surface area contributed by atoms with E-state index in [9.17, 15) is 19.5 Å². The molecule has 4 aromatic rings. The minimum absolute atomic E-state index is 0.0644. The molecule has 240 valence electrons. The first-order valence-electron chi connectivity index (χ1n) is 15.2. The van der Waals surface area contributed by atoms with Crippen molar-refractivity contribution in [2.24, 2.45) is 5.92 Å². The predicted octanol–water partition coefficient (Wildman–Crippen LogP) is 3.74. The maximum absolute atomic E-state index is 13.2. The van der Waals surface area contributed by atoms with Crippen molar-refractivity contribution in [2.45, 2.75) is 12.3 Å². The standard InChI is InChI=1S/C34H37N5O7/c1-37(31(40)17-22-6-11-29-30(16-22)46-34(36-29)35-24-4-3-5-26(18-24)44-2)25-9-7-23(8-10-25)27-19-39(20-28(27)33(42)43)32(41)21-38-12-14-45-15-13-38/h3-11,16,18,27-28H,12-15,17,19-21H2,1-2H3,(H,35,36)(H,42,43). The number of amides is 2. The number of methoxy groups -OCH3 is 1. The summed E-state index contributed by atoms with van der Waals surface area (Å²) in [6, 6.07) is 20.6. The Morgan fingerprint density at radius 3 is 2.57 bits per heavy atom. The van der Waals surface area contributed by atoms with Crippen LogP contribution in [0.2, 0.25) is 0 Å². The normalized spacial score (nSPS) is 18.4. The van der Waals surface area contributed by atoms with Gasteiger partial charge in [-0.2, -0.15) is 4.98 Å². The summed E-state index contributed by atoms with van der Waals surface area (Å²) >= 11 is 0. The van der Waals surface area contributed by atoms with E-state index >= 15 is 0 Å². The lowest BCUT2D eigenvalue weighted by atomic mass is 9.89. The zero-order valence-electron chi connectivity index (χ0n) is 25.8. The molecule has 2 saturated heterocycles. The molecule has 0 bridgehead atoms. The molecular formula is C34H37N5O7. The van der Waals surface area contributed by atoms with Gasteiger partial charge in [0.1, 0.15) is 11.3 Å².